The summed E-state index contributed by atoms with van der Waals surface area (Å²) in [7, 11) is 0. The molecule has 3 atom stereocenters. The van der Waals surface area contributed by atoms with Crippen molar-refractivity contribution in [2.24, 2.45) is 5.73 Å². The average molecular weight is 705 g/mol. The molecule has 50 heavy (non-hydrogen) atoms. The van der Waals surface area contributed by atoms with E-state index in [1.807, 2.05) is 99.9 Å². The summed E-state index contributed by atoms with van der Waals surface area (Å²) < 4.78 is -1.51. The zero-order valence-corrected chi connectivity index (χ0v) is 30.5. The van der Waals surface area contributed by atoms with Crippen molar-refractivity contribution in [2.75, 3.05) is 6.54 Å². The third kappa shape index (κ3) is 7.14. The Kier molecular flexibility index (Phi) is 10.6. The maximum atomic E-state index is 14.3. The minimum Gasteiger partial charge on any atom is -0.391 e. The van der Waals surface area contributed by atoms with Gasteiger partial charge in [0.1, 0.15) is 6.04 Å². The lowest BCUT2D eigenvalue weighted by molar-refractivity contribution is -0.140. The van der Waals surface area contributed by atoms with Gasteiger partial charge in [-0.05, 0) is 61.1 Å². The first-order chi connectivity index (χ1) is 24.0. The summed E-state index contributed by atoms with van der Waals surface area (Å²) in [4.78, 5) is 35.0. The van der Waals surface area contributed by atoms with Crippen LogP contribution >= 0.6 is 23.1 Å². The lowest BCUT2D eigenvalue weighted by Crippen LogP contribution is -2.57. The topological polar surface area (TPSA) is 109 Å². The van der Waals surface area contributed by atoms with E-state index in [4.69, 9.17) is 5.73 Å². The predicted molar refractivity (Wildman–Crippen MR) is 204 cm³/mol. The van der Waals surface area contributed by atoms with Crippen molar-refractivity contribution in [3.8, 4) is 10.4 Å². The molecule has 2 heterocycles. The molecule has 5 aromatic rings. The first-order valence-electron chi connectivity index (χ1n) is 16.9. The molecule has 4 N–H and O–H groups in total. The number of nitrogens with one attached hydrogen (secondary N) is 1. The first-order valence-corrected chi connectivity index (χ1v) is 18.6. The lowest BCUT2D eigenvalue weighted by atomic mass is 9.84. The summed E-state index contributed by atoms with van der Waals surface area (Å²) in [5.41, 5.74) is 16.1. The Balaban J connectivity index is 1.24. The second-order valence-corrected chi connectivity index (χ2v) is 16.2. The van der Waals surface area contributed by atoms with Gasteiger partial charge in [-0.3, -0.25) is 9.59 Å². The fourth-order valence-corrected chi connectivity index (χ4v) is 9.43. The molecule has 7 nitrogen and oxygen atoms in total. The van der Waals surface area contributed by atoms with Crippen LogP contribution in [0.3, 0.4) is 0 Å². The van der Waals surface area contributed by atoms with Gasteiger partial charge >= 0.3 is 0 Å². The zero-order chi connectivity index (χ0) is 35.5. The lowest BCUT2D eigenvalue weighted by Gasteiger charge is -2.44. The molecule has 1 unspecified atom stereocenters. The molecule has 258 valence electrons. The van der Waals surface area contributed by atoms with Crippen LogP contribution in [-0.4, -0.2) is 56.3 Å². The van der Waals surface area contributed by atoms with Gasteiger partial charge in [-0.25, -0.2) is 4.98 Å². The standard InChI is InChI=1S/C41H44N4O3S2/c1-27-22-29(36-28(2)44-26-49-36)20-21-30(27)24-43-38(47)35-23-34(46)25-45(35)39(48)37(42)40(3,4)50-41(31-14-8-5-9-15-31,32-16-10-6-11-17-32)33-18-12-7-13-19-33/h5-22,26,34-35,37,46H,23-25,42H2,1-4H3,(H,43,47)/t34-,35+,37?/m1/s1. The molecule has 6 rings (SSSR count). The molecule has 1 fully saturated rings. The van der Waals surface area contributed by atoms with E-state index in [-0.39, 0.29) is 24.8 Å². The molecule has 1 aromatic heterocycles. The van der Waals surface area contributed by atoms with Crippen LogP contribution in [0.1, 0.15) is 53.8 Å². The van der Waals surface area contributed by atoms with Crippen LogP contribution in [0.5, 0.6) is 0 Å². The highest BCUT2D eigenvalue weighted by Gasteiger charge is 2.49. The molecule has 0 bridgehead atoms. The van der Waals surface area contributed by atoms with E-state index in [0.29, 0.717) is 6.54 Å². The molecule has 9 heteroatoms. The Morgan fingerprint density at radius 3 is 2.00 bits per heavy atom. The monoisotopic (exact) mass is 704 g/mol. The summed E-state index contributed by atoms with van der Waals surface area (Å²) in [5, 5.41) is 13.8. The number of aliphatic hydroxyl groups excluding tert-OH is 1. The van der Waals surface area contributed by atoms with Gasteiger partial charge in [0.25, 0.3) is 0 Å². The number of carbonyl (C=O) groups is 2. The smallest absolute Gasteiger partial charge is 0.243 e. The number of aryl methyl sites for hydroxylation is 2. The molecule has 0 radical (unpaired) electrons. The van der Waals surface area contributed by atoms with Crippen molar-refractivity contribution in [2.45, 2.75) is 68.3 Å². The van der Waals surface area contributed by atoms with Crippen LogP contribution in [0.2, 0.25) is 0 Å². The van der Waals surface area contributed by atoms with Crippen LogP contribution in [-0.2, 0) is 20.9 Å². The van der Waals surface area contributed by atoms with Gasteiger partial charge in [-0.2, -0.15) is 0 Å². The van der Waals surface area contributed by atoms with E-state index in [1.54, 1.807) is 23.1 Å². The second kappa shape index (κ2) is 14.9. The summed E-state index contributed by atoms with van der Waals surface area (Å²) >= 11 is 3.24. The van der Waals surface area contributed by atoms with E-state index >= 15 is 0 Å². The predicted octanol–water partition coefficient (Wildman–Crippen LogP) is 6.84. The zero-order valence-electron chi connectivity index (χ0n) is 28.9. The van der Waals surface area contributed by atoms with Gasteiger partial charge in [0, 0.05) is 24.3 Å². The van der Waals surface area contributed by atoms with Crippen molar-refractivity contribution >= 4 is 34.9 Å². The number of thiazole rings is 1. The Labute approximate surface area is 303 Å². The number of carbonyl (C=O) groups excluding carboxylic acids is 2. The maximum absolute atomic E-state index is 14.3. The van der Waals surface area contributed by atoms with E-state index in [1.165, 1.54) is 4.90 Å². The highest BCUT2D eigenvalue weighted by atomic mass is 32.2. The van der Waals surface area contributed by atoms with Gasteiger partial charge in [-0.15, -0.1) is 23.1 Å². The number of nitrogens with zero attached hydrogens (tertiary/aromatic N) is 2. The summed E-state index contributed by atoms with van der Waals surface area (Å²) in [6.07, 6.45) is -0.666. The van der Waals surface area contributed by atoms with Gasteiger partial charge < -0.3 is 21.1 Å². The fraction of sp³-hybridized carbons (Fsp3) is 0.293. The maximum Gasteiger partial charge on any atom is 0.243 e. The fourth-order valence-electron chi connectivity index (χ4n) is 6.85. The Hall–Kier alpha value is -4.28. The van der Waals surface area contributed by atoms with Gasteiger partial charge in [0.2, 0.25) is 11.8 Å². The molecule has 1 saturated heterocycles. The highest BCUT2D eigenvalue weighted by Crippen LogP contribution is 2.54. The Morgan fingerprint density at radius 2 is 1.50 bits per heavy atom. The number of rotatable bonds is 11. The molecule has 0 aliphatic carbocycles. The summed E-state index contributed by atoms with van der Waals surface area (Å²) in [6, 6.07) is 35.2. The number of nitrogens with two attached hydrogens (primary N) is 1. The van der Waals surface area contributed by atoms with E-state index in [9.17, 15) is 14.7 Å². The number of aromatic nitrogens is 1. The average Bonchev–Trinajstić information content (AvgIpc) is 3.75. The number of hydrogen-bond acceptors (Lipinski definition) is 7. The SMILES string of the molecule is Cc1cc(-c2scnc2C)ccc1CNC(=O)[C@@H]1C[C@@H](O)CN1C(=O)C(N)C(C)(C)SC(c1ccccc1)(c1ccccc1)c1ccccc1. The molecular formula is C41H44N4O3S2. The Morgan fingerprint density at radius 1 is 0.940 bits per heavy atom. The van der Waals surface area contributed by atoms with Crippen molar-refractivity contribution < 1.29 is 14.7 Å². The van der Waals surface area contributed by atoms with Crippen molar-refractivity contribution in [3.05, 3.63) is 148 Å². The van der Waals surface area contributed by atoms with Crippen molar-refractivity contribution in [3.63, 3.8) is 0 Å². The second-order valence-electron chi connectivity index (χ2n) is 13.5. The minimum atomic E-state index is -0.978. The first kappa shape index (κ1) is 35.5. The van der Waals surface area contributed by atoms with Crippen molar-refractivity contribution in [1.29, 1.82) is 0 Å². The largest absolute Gasteiger partial charge is 0.391 e. The van der Waals surface area contributed by atoms with Crippen LogP contribution in [0.4, 0.5) is 0 Å². The molecule has 0 spiro atoms. The molecule has 4 aromatic carbocycles. The highest BCUT2D eigenvalue weighted by molar-refractivity contribution is 8.02. The molecular weight excluding hydrogens is 661 g/mol. The van der Waals surface area contributed by atoms with E-state index in [0.717, 1.165) is 44.0 Å². The van der Waals surface area contributed by atoms with Gasteiger partial charge in [-0.1, -0.05) is 109 Å². The van der Waals surface area contributed by atoms with Crippen LogP contribution in [0, 0.1) is 13.8 Å². The van der Waals surface area contributed by atoms with Gasteiger partial charge in [0.05, 0.1) is 33.0 Å². The van der Waals surface area contributed by atoms with Crippen molar-refractivity contribution in [1.82, 2.24) is 15.2 Å². The number of thioether (sulfide) groups is 1. The third-order valence-corrected chi connectivity index (χ3v) is 12.4. The summed E-state index contributed by atoms with van der Waals surface area (Å²) in [6.45, 7) is 8.36. The molecule has 0 saturated carbocycles. The summed E-state index contributed by atoms with van der Waals surface area (Å²) in [5.74, 6) is -0.663. The van der Waals surface area contributed by atoms with Crippen LogP contribution in [0.25, 0.3) is 10.4 Å². The molecule has 1 aliphatic heterocycles. The number of aliphatic hydroxyl groups is 1. The Bertz CT molecular complexity index is 1830. The number of amides is 2. The quantitative estimate of drug-likeness (QED) is 0.130. The molecule has 1 aliphatic rings. The number of likely N-dealkylation sites (tertiary alicyclic amines) is 1. The molecule has 2 amide bonds. The van der Waals surface area contributed by atoms with E-state index in [2.05, 4.69) is 52.8 Å². The third-order valence-electron chi connectivity index (χ3n) is 9.64. The normalized spacial score (nSPS) is 17.0. The van der Waals surface area contributed by atoms with E-state index < -0.39 is 27.7 Å². The van der Waals surface area contributed by atoms with Crippen LogP contribution < -0.4 is 11.1 Å². The van der Waals surface area contributed by atoms with Gasteiger partial charge in [0.15, 0.2) is 0 Å². The number of hydrogen-bond donors (Lipinski definition) is 3. The number of β-amino-alcohol motifs (C(OH)–C–C–N with tert-alkyl or cyclic N) is 1. The van der Waals surface area contributed by atoms with Crippen LogP contribution in [0.15, 0.2) is 115 Å². The minimum absolute atomic E-state index is 0.0501. The number of benzene rings is 4.